The fourth-order valence-corrected chi connectivity index (χ4v) is 5.94. The van der Waals surface area contributed by atoms with Crippen LogP contribution in [0.4, 0.5) is 0 Å². The number of benzene rings is 1. The lowest BCUT2D eigenvalue weighted by Crippen LogP contribution is -2.52. The van der Waals surface area contributed by atoms with E-state index in [4.69, 9.17) is 4.74 Å². The molecule has 2 atom stereocenters. The van der Waals surface area contributed by atoms with Crippen molar-refractivity contribution in [3.05, 3.63) is 24.3 Å². The van der Waals surface area contributed by atoms with Gasteiger partial charge in [-0.05, 0) is 56.9 Å². The molecule has 0 bridgehead atoms. The third kappa shape index (κ3) is 6.22. The fraction of sp³-hybridized carbons (Fsp3) is 0.652. The molecule has 8 nitrogen and oxygen atoms in total. The van der Waals surface area contributed by atoms with Crippen LogP contribution in [0.25, 0.3) is 0 Å². The Morgan fingerprint density at radius 1 is 1.03 bits per heavy atom. The average Bonchev–Trinajstić information content (AvgIpc) is 3.07. The minimum absolute atomic E-state index is 0.108. The zero-order chi connectivity index (χ0) is 23.1. The van der Waals surface area contributed by atoms with Gasteiger partial charge in [0.1, 0.15) is 11.8 Å². The van der Waals surface area contributed by atoms with Gasteiger partial charge in [-0.25, -0.2) is 8.42 Å². The van der Waals surface area contributed by atoms with Crippen molar-refractivity contribution in [3.8, 4) is 5.75 Å². The van der Waals surface area contributed by atoms with Gasteiger partial charge in [0.05, 0.1) is 17.9 Å². The molecule has 2 fully saturated rings. The molecular formula is C23H35N3O5S. The van der Waals surface area contributed by atoms with Crippen molar-refractivity contribution < 1.29 is 22.7 Å². The first-order chi connectivity index (χ1) is 15.3. The predicted molar refractivity (Wildman–Crippen MR) is 122 cm³/mol. The molecule has 0 spiro atoms. The molecule has 1 saturated carbocycles. The van der Waals surface area contributed by atoms with Crippen LogP contribution in [0.2, 0.25) is 0 Å². The van der Waals surface area contributed by atoms with Gasteiger partial charge >= 0.3 is 0 Å². The quantitative estimate of drug-likeness (QED) is 0.602. The number of hydrogen-bond acceptors (Lipinski definition) is 5. The van der Waals surface area contributed by atoms with E-state index in [2.05, 4.69) is 10.6 Å². The molecule has 2 N–H and O–H groups in total. The first-order valence-corrected chi connectivity index (χ1v) is 13.0. The third-order valence-corrected chi connectivity index (χ3v) is 8.29. The van der Waals surface area contributed by atoms with E-state index in [0.29, 0.717) is 25.1 Å². The topological polar surface area (TPSA) is 105 Å². The molecule has 9 heteroatoms. The second-order valence-electron chi connectivity index (χ2n) is 8.81. The van der Waals surface area contributed by atoms with E-state index in [0.717, 1.165) is 25.7 Å². The second kappa shape index (κ2) is 11.1. The van der Waals surface area contributed by atoms with Crippen LogP contribution in [0, 0.1) is 5.92 Å². The van der Waals surface area contributed by atoms with Crippen molar-refractivity contribution in [3.63, 3.8) is 0 Å². The lowest BCUT2D eigenvalue weighted by atomic mass is 9.98. The van der Waals surface area contributed by atoms with Crippen molar-refractivity contribution in [2.45, 2.75) is 75.3 Å². The summed E-state index contributed by atoms with van der Waals surface area (Å²) in [5.41, 5.74) is 0. The lowest BCUT2D eigenvalue weighted by Gasteiger charge is -2.32. The number of amides is 2. The highest BCUT2D eigenvalue weighted by molar-refractivity contribution is 7.89. The van der Waals surface area contributed by atoms with Crippen molar-refractivity contribution in [1.29, 1.82) is 0 Å². The normalized spacial score (nSPS) is 21.9. The lowest BCUT2D eigenvalue weighted by molar-refractivity contribution is -0.131. The molecule has 1 aliphatic carbocycles. The number of nitrogens with one attached hydrogen (secondary N) is 2. The number of ether oxygens (including phenoxy) is 1. The van der Waals surface area contributed by atoms with E-state index in [1.54, 1.807) is 19.1 Å². The molecule has 1 heterocycles. The Balaban J connectivity index is 1.56. The van der Waals surface area contributed by atoms with Gasteiger partial charge < -0.3 is 15.4 Å². The van der Waals surface area contributed by atoms with Crippen molar-refractivity contribution >= 4 is 21.8 Å². The van der Waals surface area contributed by atoms with Crippen LogP contribution in [0.1, 0.15) is 58.3 Å². The van der Waals surface area contributed by atoms with E-state index in [9.17, 15) is 18.0 Å². The summed E-state index contributed by atoms with van der Waals surface area (Å²) in [5, 5.41) is 5.85. The molecule has 0 radical (unpaired) electrons. The van der Waals surface area contributed by atoms with Crippen LogP contribution in [0.3, 0.4) is 0 Å². The van der Waals surface area contributed by atoms with E-state index in [1.807, 2.05) is 0 Å². The predicted octanol–water partition coefficient (Wildman–Crippen LogP) is 2.44. The Hall–Kier alpha value is -2.13. The van der Waals surface area contributed by atoms with Crippen LogP contribution in [0.15, 0.2) is 29.2 Å². The highest BCUT2D eigenvalue weighted by atomic mass is 32.2. The summed E-state index contributed by atoms with van der Waals surface area (Å²) in [6, 6.07) is 5.75. The molecule has 1 saturated heterocycles. The molecule has 3 rings (SSSR count). The largest absolute Gasteiger partial charge is 0.497 e. The fourth-order valence-electron chi connectivity index (χ4n) is 4.42. The maximum atomic E-state index is 13.0. The smallest absolute Gasteiger partial charge is 0.243 e. The summed E-state index contributed by atoms with van der Waals surface area (Å²) in [6.07, 6.45) is 7.79. The standard InChI is InChI=1S/C23H35N3O5S/c1-17(22(27)25-19-9-5-3-4-6-10-19)24-23(28)18-8-7-15-26(16-18)32(29,30)21-13-11-20(31-2)12-14-21/h11-14,17-19H,3-10,15-16H2,1-2H3,(H,24,28)(H,25,27)/t17-,18-/m1/s1. The van der Waals surface area contributed by atoms with E-state index in [-0.39, 0.29) is 29.3 Å². The number of piperidine rings is 1. The van der Waals surface area contributed by atoms with Crippen LogP contribution in [0.5, 0.6) is 5.75 Å². The number of sulfonamides is 1. The first kappa shape index (κ1) is 24.5. The van der Waals surface area contributed by atoms with Crippen LogP contribution in [-0.4, -0.2) is 56.8 Å². The van der Waals surface area contributed by atoms with E-state index < -0.39 is 22.0 Å². The minimum atomic E-state index is -3.70. The van der Waals surface area contributed by atoms with Crippen molar-refractivity contribution in [2.75, 3.05) is 20.2 Å². The van der Waals surface area contributed by atoms with Crippen LogP contribution < -0.4 is 15.4 Å². The molecule has 178 valence electrons. The zero-order valence-corrected chi connectivity index (χ0v) is 19.8. The third-order valence-electron chi connectivity index (χ3n) is 6.41. The van der Waals surface area contributed by atoms with Gasteiger partial charge in [0.2, 0.25) is 21.8 Å². The summed E-state index contributed by atoms with van der Waals surface area (Å²) in [4.78, 5) is 25.6. The van der Waals surface area contributed by atoms with Crippen LogP contribution >= 0.6 is 0 Å². The number of rotatable bonds is 7. The van der Waals surface area contributed by atoms with Gasteiger partial charge in [0.15, 0.2) is 0 Å². The molecule has 32 heavy (non-hydrogen) atoms. The number of carbonyl (C=O) groups excluding carboxylic acids is 2. The molecule has 2 amide bonds. The molecule has 0 unspecified atom stereocenters. The Labute approximate surface area is 191 Å². The summed E-state index contributed by atoms with van der Waals surface area (Å²) >= 11 is 0. The maximum Gasteiger partial charge on any atom is 0.243 e. The van der Waals surface area contributed by atoms with Gasteiger partial charge in [-0.1, -0.05) is 25.7 Å². The van der Waals surface area contributed by atoms with Gasteiger partial charge in [0.25, 0.3) is 0 Å². The Kier molecular flexibility index (Phi) is 8.53. The first-order valence-electron chi connectivity index (χ1n) is 11.6. The molecule has 1 aliphatic heterocycles. The number of methoxy groups -OCH3 is 1. The maximum absolute atomic E-state index is 13.0. The van der Waals surface area contributed by atoms with Gasteiger partial charge in [0, 0.05) is 19.1 Å². The van der Waals surface area contributed by atoms with Gasteiger partial charge in [-0.3, -0.25) is 9.59 Å². The minimum Gasteiger partial charge on any atom is -0.497 e. The molecule has 2 aliphatic rings. The Morgan fingerprint density at radius 3 is 2.31 bits per heavy atom. The summed E-state index contributed by atoms with van der Waals surface area (Å²) in [5.74, 6) is -0.354. The Bertz CT molecular complexity index is 879. The summed E-state index contributed by atoms with van der Waals surface area (Å²) in [7, 11) is -2.18. The average molecular weight is 466 g/mol. The number of carbonyl (C=O) groups is 2. The summed E-state index contributed by atoms with van der Waals surface area (Å²) in [6.45, 7) is 2.16. The molecule has 1 aromatic rings. The molecular weight excluding hydrogens is 430 g/mol. The van der Waals surface area contributed by atoms with E-state index in [1.165, 1.54) is 36.4 Å². The van der Waals surface area contributed by atoms with E-state index >= 15 is 0 Å². The zero-order valence-electron chi connectivity index (χ0n) is 19.0. The highest BCUT2D eigenvalue weighted by Gasteiger charge is 2.34. The number of nitrogens with zero attached hydrogens (tertiary/aromatic N) is 1. The monoisotopic (exact) mass is 465 g/mol. The summed E-state index contributed by atoms with van der Waals surface area (Å²) < 4.78 is 32.5. The molecule has 0 aromatic heterocycles. The van der Waals surface area contributed by atoms with Gasteiger partial charge in [-0.15, -0.1) is 0 Å². The van der Waals surface area contributed by atoms with Gasteiger partial charge in [-0.2, -0.15) is 4.31 Å². The SMILES string of the molecule is COc1ccc(S(=O)(=O)N2CCC[C@@H](C(=O)N[C@H](C)C(=O)NC3CCCCCC3)C2)cc1. The van der Waals surface area contributed by atoms with Crippen LogP contribution in [-0.2, 0) is 19.6 Å². The molecule has 1 aromatic carbocycles. The number of hydrogen-bond donors (Lipinski definition) is 2. The van der Waals surface area contributed by atoms with Crippen molar-refractivity contribution in [1.82, 2.24) is 14.9 Å². The highest BCUT2D eigenvalue weighted by Crippen LogP contribution is 2.25. The second-order valence-corrected chi connectivity index (χ2v) is 10.7. The van der Waals surface area contributed by atoms with Crippen molar-refractivity contribution in [2.24, 2.45) is 5.92 Å². The Morgan fingerprint density at radius 2 is 1.69 bits per heavy atom.